The van der Waals surface area contributed by atoms with Crippen molar-refractivity contribution in [2.75, 3.05) is 6.79 Å². The van der Waals surface area contributed by atoms with E-state index in [1.807, 2.05) is 24.3 Å². The van der Waals surface area contributed by atoms with E-state index in [0.717, 1.165) is 5.56 Å². The van der Waals surface area contributed by atoms with E-state index in [1.165, 1.54) is 12.4 Å². The molecule has 0 radical (unpaired) electrons. The number of amides is 2. The summed E-state index contributed by atoms with van der Waals surface area (Å²) in [5.74, 6) is -0.241. The molecule has 2 amide bonds. The maximum Gasteiger partial charge on any atom is 0.341 e. The molecule has 10 nitrogen and oxygen atoms in total. The molecule has 0 bridgehead atoms. The molecule has 0 saturated heterocycles. The lowest BCUT2D eigenvalue weighted by Gasteiger charge is -2.31. The number of carbonyl (C=O) groups excluding carboxylic acids is 2. The first-order chi connectivity index (χ1) is 18.5. The number of benzene rings is 2. The van der Waals surface area contributed by atoms with E-state index in [4.69, 9.17) is 19.5 Å². The predicted molar refractivity (Wildman–Crippen MR) is 133 cm³/mol. The van der Waals surface area contributed by atoms with Crippen LogP contribution in [0.2, 0.25) is 0 Å². The van der Waals surface area contributed by atoms with Crippen LogP contribution < -0.4 is 14.8 Å². The largest absolute Gasteiger partial charge is 0.460 e. The van der Waals surface area contributed by atoms with Gasteiger partial charge in [-0.15, -0.1) is 0 Å². The zero-order valence-electron chi connectivity index (χ0n) is 20.1. The van der Waals surface area contributed by atoms with Crippen molar-refractivity contribution in [3.63, 3.8) is 0 Å². The summed E-state index contributed by atoms with van der Waals surface area (Å²) in [7, 11) is 0. The van der Waals surface area contributed by atoms with E-state index in [0.29, 0.717) is 52.3 Å². The van der Waals surface area contributed by atoms with Crippen LogP contribution >= 0.6 is 0 Å². The summed E-state index contributed by atoms with van der Waals surface area (Å²) in [5, 5.41) is 21.2. The highest BCUT2D eigenvalue weighted by molar-refractivity contribution is 6.09. The number of nitrogens with one attached hydrogen (secondary N) is 1. The van der Waals surface area contributed by atoms with Gasteiger partial charge >= 0.3 is 12.0 Å². The second-order valence-electron chi connectivity index (χ2n) is 8.73. The minimum atomic E-state index is -0.948. The topological polar surface area (TPSA) is 147 Å². The summed E-state index contributed by atoms with van der Waals surface area (Å²) in [4.78, 5) is 34.3. The SMILES string of the molecule is N#Cc1cccc(COC(=O)C2C(CCc3ccc4c(c3)OCO4)=NC(=O)NC2c2cncc(C#N)c2)c1. The third-order valence-corrected chi connectivity index (χ3v) is 6.26. The maximum absolute atomic E-state index is 13.5. The molecule has 38 heavy (non-hydrogen) atoms. The van der Waals surface area contributed by atoms with Crippen LogP contribution in [0.3, 0.4) is 0 Å². The zero-order chi connectivity index (χ0) is 26.5. The lowest BCUT2D eigenvalue weighted by Crippen LogP contribution is -2.45. The molecule has 3 heterocycles. The monoisotopic (exact) mass is 507 g/mol. The fourth-order valence-electron chi connectivity index (χ4n) is 4.43. The number of carbonyl (C=O) groups is 2. The van der Waals surface area contributed by atoms with Gasteiger partial charge in [-0.3, -0.25) is 9.78 Å². The summed E-state index contributed by atoms with van der Waals surface area (Å²) < 4.78 is 16.5. The van der Waals surface area contributed by atoms with Gasteiger partial charge in [-0.1, -0.05) is 18.2 Å². The van der Waals surface area contributed by atoms with Crippen LogP contribution in [0.5, 0.6) is 11.5 Å². The summed E-state index contributed by atoms with van der Waals surface area (Å²) in [6.07, 6.45) is 3.69. The van der Waals surface area contributed by atoms with Gasteiger partial charge in [0, 0.05) is 18.1 Å². The van der Waals surface area contributed by atoms with Crippen molar-refractivity contribution in [2.24, 2.45) is 10.9 Å². The first-order valence-electron chi connectivity index (χ1n) is 11.8. The number of urea groups is 1. The number of rotatable bonds is 7. The molecule has 188 valence electrons. The van der Waals surface area contributed by atoms with Crippen molar-refractivity contribution >= 4 is 17.7 Å². The number of hydrogen-bond donors (Lipinski definition) is 1. The van der Waals surface area contributed by atoms with Crippen LogP contribution in [0.4, 0.5) is 4.79 Å². The number of aliphatic imine (C=N–C) groups is 1. The van der Waals surface area contributed by atoms with Crippen molar-refractivity contribution in [3.05, 3.63) is 88.7 Å². The van der Waals surface area contributed by atoms with Gasteiger partial charge in [0.1, 0.15) is 18.6 Å². The molecule has 1 N–H and O–H groups in total. The van der Waals surface area contributed by atoms with Gasteiger partial charge in [0.05, 0.1) is 23.2 Å². The average Bonchev–Trinajstić information content (AvgIpc) is 3.42. The molecular weight excluding hydrogens is 486 g/mol. The number of nitrogens with zero attached hydrogens (tertiary/aromatic N) is 4. The van der Waals surface area contributed by atoms with Crippen LogP contribution in [-0.2, 0) is 22.6 Å². The molecule has 5 rings (SSSR count). The van der Waals surface area contributed by atoms with Crippen molar-refractivity contribution in [3.8, 4) is 23.6 Å². The fourth-order valence-corrected chi connectivity index (χ4v) is 4.43. The van der Waals surface area contributed by atoms with Crippen LogP contribution in [-0.4, -0.2) is 29.5 Å². The molecule has 2 unspecified atom stereocenters. The van der Waals surface area contributed by atoms with Crippen molar-refractivity contribution in [2.45, 2.75) is 25.5 Å². The van der Waals surface area contributed by atoms with Crippen LogP contribution in [0.15, 0.2) is 65.9 Å². The Morgan fingerprint density at radius 3 is 2.68 bits per heavy atom. The number of hydrogen-bond acceptors (Lipinski definition) is 8. The number of esters is 1. The van der Waals surface area contributed by atoms with Crippen LogP contribution in [0.25, 0.3) is 0 Å². The molecule has 0 fully saturated rings. The molecule has 2 aromatic carbocycles. The molecule has 2 aliphatic heterocycles. The highest BCUT2D eigenvalue weighted by atomic mass is 16.7. The third kappa shape index (κ3) is 5.30. The minimum Gasteiger partial charge on any atom is -0.460 e. The Balaban J connectivity index is 1.41. The quantitative estimate of drug-likeness (QED) is 0.476. The van der Waals surface area contributed by atoms with Gasteiger partial charge in [-0.05, 0) is 59.9 Å². The molecular formula is C28H21N5O5. The van der Waals surface area contributed by atoms with Gasteiger partial charge in [0.15, 0.2) is 11.5 Å². The van der Waals surface area contributed by atoms with E-state index in [-0.39, 0.29) is 13.4 Å². The molecule has 0 saturated carbocycles. The molecule has 0 spiro atoms. The molecule has 2 aliphatic rings. The van der Waals surface area contributed by atoms with Gasteiger partial charge in [0.2, 0.25) is 6.79 Å². The van der Waals surface area contributed by atoms with Crippen molar-refractivity contribution in [1.29, 1.82) is 10.5 Å². The Bertz CT molecular complexity index is 1520. The fraction of sp³-hybridized carbons (Fsp3) is 0.214. The standard InChI is InChI=1S/C28H21N5O5/c29-11-18-2-1-3-19(8-18)15-36-27(34)25-22(6-4-17-5-7-23-24(10-17)38-16-37-23)32-28(35)33-26(25)21-9-20(12-30)13-31-14-21/h1-3,5,7-10,13-14,25-26H,4,6,15-16H2,(H,33,35). The Hall–Kier alpha value is -5.22. The summed E-state index contributed by atoms with van der Waals surface area (Å²) in [6.45, 7) is 0.103. The van der Waals surface area contributed by atoms with E-state index < -0.39 is 24.0 Å². The lowest BCUT2D eigenvalue weighted by molar-refractivity contribution is -0.148. The predicted octanol–water partition coefficient (Wildman–Crippen LogP) is 3.75. The maximum atomic E-state index is 13.5. The minimum absolute atomic E-state index is 0.0581. The highest BCUT2D eigenvalue weighted by Crippen LogP contribution is 2.34. The number of aromatic nitrogens is 1. The molecule has 0 aliphatic carbocycles. The average molecular weight is 508 g/mol. The Kier molecular flexibility index (Phi) is 6.96. The number of aryl methyl sites for hydroxylation is 1. The van der Waals surface area contributed by atoms with Crippen molar-refractivity contribution < 1.29 is 23.8 Å². The summed E-state index contributed by atoms with van der Waals surface area (Å²) >= 11 is 0. The number of pyridine rings is 1. The summed E-state index contributed by atoms with van der Waals surface area (Å²) in [6, 6.07) is 16.6. The highest BCUT2D eigenvalue weighted by Gasteiger charge is 2.40. The normalized spacial score (nSPS) is 17.5. The molecule has 1 aromatic heterocycles. The van der Waals surface area contributed by atoms with E-state index >= 15 is 0 Å². The van der Waals surface area contributed by atoms with Crippen LogP contribution in [0.1, 0.15) is 40.3 Å². The van der Waals surface area contributed by atoms with E-state index in [1.54, 1.807) is 30.3 Å². The third-order valence-electron chi connectivity index (χ3n) is 6.26. The lowest BCUT2D eigenvalue weighted by atomic mass is 9.85. The molecule has 2 atom stereocenters. The van der Waals surface area contributed by atoms with Gasteiger partial charge in [-0.25, -0.2) is 9.79 Å². The first-order valence-corrected chi connectivity index (χ1v) is 11.8. The Morgan fingerprint density at radius 1 is 1.00 bits per heavy atom. The van der Waals surface area contributed by atoms with Crippen LogP contribution in [0, 0.1) is 28.6 Å². The second-order valence-corrected chi connectivity index (χ2v) is 8.73. The first kappa shape index (κ1) is 24.5. The summed E-state index contributed by atoms with van der Waals surface area (Å²) in [5.41, 5.74) is 3.16. The molecule has 10 heteroatoms. The number of nitriles is 2. The second kappa shape index (κ2) is 10.8. The molecule has 3 aromatic rings. The number of ether oxygens (including phenoxy) is 3. The van der Waals surface area contributed by atoms with E-state index in [2.05, 4.69) is 21.4 Å². The van der Waals surface area contributed by atoms with Gasteiger partial charge < -0.3 is 19.5 Å². The van der Waals surface area contributed by atoms with Gasteiger partial charge in [-0.2, -0.15) is 10.5 Å². The van der Waals surface area contributed by atoms with Crippen molar-refractivity contribution in [1.82, 2.24) is 10.3 Å². The Labute approximate surface area is 218 Å². The number of fused-ring (bicyclic) bond motifs is 1. The zero-order valence-corrected chi connectivity index (χ0v) is 20.1. The van der Waals surface area contributed by atoms with Gasteiger partial charge in [0.25, 0.3) is 0 Å². The van der Waals surface area contributed by atoms with E-state index in [9.17, 15) is 14.9 Å². The smallest absolute Gasteiger partial charge is 0.341 e. The Morgan fingerprint density at radius 2 is 1.84 bits per heavy atom.